The predicted molar refractivity (Wildman–Crippen MR) is 70.7 cm³/mol. The highest BCUT2D eigenvalue weighted by Crippen LogP contribution is 2.31. The quantitative estimate of drug-likeness (QED) is 0.891. The van der Waals surface area contributed by atoms with Gasteiger partial charge < -0.3 is 19.5 Å². The Morgan fingerprint density at radius 2 is 2.00 bits per heavy atom. The van der Waals surface area contributed by atoms with Crippen LogP contribution in [0.25, 0.3) is 0 Å². The number of hydrogen-bond donors (Lipinski definition) is 1. The lowest BCUT2D eigenvalue weighted by atomic mass is 10.1. The average molecular weight is 265 g/mol. The van der Waals surface area contributed by atoms with E-state index in [9.17, 15) is 9.90 Å². The van der Waals surface area contributed by atoms with Gasteiger partial charge in [-0.2, -0.15) is 0 Å². The maximum Gasteiger partial charge on any atom is 0.261 e. The van der Waals surface area contributed by atoms with Gasteiger partial charge in [0.2, 0.25) is 0 Å². The Balaban J connectivity index is 2.37. The number of amides is 1. The topological polar surface area (TPSA) is 59.0 Å². The smallest absolute Gasteiger partial charge is 0.261 e. The highest BCUT2D eigenvalue weighted by Gasteiger charge is 2.32. The number of likely N-dealkylation sites (tertiary alicyclic amines) is 1. The average Bonchev–Trinajstić information content (AvgIpc) is 2.93. The number of rotatable bonds is 4. The Labute approximate surface area is 112 Å². The molecule has 1 fully saturated rings. The number of ether oxygens (including phenoxy) is 2. The first kappa shape index (κ1) is 13.7. The van der Waals surface area contributed by atoms with Gasteiger partial charge in [-0.05, 0) is 25.0 Å². The zero-order valence-electron chi connectivity index (χ0n) is 11.3. The molecular formula is C14H19NO4. The van der Waals surface area contributed by atoms with Gasteiger partial charge in [0.05, 0.1) is 26.9 Å². The van der Waals surface area contributed by atoms with Gasteiger partial charge >= 0.3 is 0 Å². The van der Waals surface area contributed by atoms with Gasteiger partial charge in [-0.25, -0.2) is 0 Å². The number of methoxy groups -OCH3 is 2. The monoisotopic (exact) mass is 265 g/mol. The molecule has 1 aromatic carbocycles. The number of carbonyl (C=O) groups excluding carboxylic acids is 1. The van der Waals surface area contributed by atoms with E-state index in [1.54, 1.807) is 23.1 Å². The van der Waals surface area contributed by atoms with Gasteiger partial charge in [0.1, 0.15) is 17.1 Å². The van der Waals surface area contributed by atoms with Crippen LogP contribution in [0.2, 0.25) is 0 Å². The van der Waals surface area contributed by atoms with Gasteiger partial charge in [0, 0.05) is 6.54 Å². The van der Waals surface area contributed by atoms with Crippen molar-refractivity contribution in [1.29, 1.82) is 0 Å². The van der Waals surface area contributed by atoms with Crippen LogP contribution in [-0.2, 0) is 0 Å². The molecule has 0 saturated carbocycles. The zero-order valence-corrected chi connectivity index (χ0v) is 11.3. The van der Waals surface area contributed by atoms with Crippen molar-refractivity contribution in [3.8, 4) is 11.5 Å². The van der Waals surface area contributed by atoms with Gasteiger partial charge in [0.15, 0.2) is 0 Å². The second-order valence-electron chi connectivity index (χ2n) is 4.51. The summed E-state index contributed by atoms with van der Waals surface area (Å²) in [5.41, 5.74) is 0.424. The molecule has 5 heteroatoms. The summed E-state index contributed by atoms with van der Waals surface area (Å²) in [5, 5.41) is 9.33. The van der Waals surface area contributed by atoms with Gasteiger partial charge in [0.25, 0.3) is 5.91 Å². The van der Waals surface area contributed by atoms with Crippen LogP contribution in [-0.4, -0.2) is 49.3 Å². The minimum Gasteiger partial charge on any atom is -0.496 e. The molecule has 1 aromatic rings. The summed E-state index contributed by atoms with van der Waals surface area (Å²) >= 11 is 0. The van der Waals surface area contributed by atoms with Crippen LogP contribution in [0, 0.1) is 0 Å². The normalized spacial score (nSPS) is 18.5. The fraction of sp³-hybridized carbons (Fsp3) is 0.500. The molecule has 0 bridgehead atoms. The molecule has 104 valence electrons. The Bertz CT molecular complexity index is 439. The number of benzene rings is 1. The summed E-state index contributed by atoms with van der Waals surface area (Å²) in [6, 6.07) is 5.14. The minimum atomic E-state index is -0.147. The molecule has 1 aliphatic rings. The van der Waals surface area contributed by atoms with E-state index in [0.29, 0.717) is 23.6 Å². The van der Waals surface area contributed by atoms with Crippen molar-refractivity contribution in [2.75, 3.05) is 27.4 Å². The molecule has 0 aromatic heterocycles. The fourth-order valence-electron chi connectivity index (χ4n) is 2.50. The van der Waals surface area contributed by atoms with E-state index in [0.717, 1.165) is 12.8 Å². The third kappa shape index (κ3) is 2.51. The molecule has 19 heavy (non-hydrogen) atoms. The number of nitrogens with zero attached hydrogens (tertiary/aromatic N) is 1. The first-order valence-electron chi connectivity index (χ1n) is 6.35. The molecule has 1 N–H and O–H groups in total. The summed E-state index contributed by atoms with van der Waals surface area (Å²) in [7, 11) is 3.05. The Morgan fingerprint density at radius 1 is 1.37 bits per heavy atom. The van der Waals surface area contributed by atoms with E-state index >= 15 is 0 Å². The number of aliphatic hydroxyl groups is 1. The van der Waals surface area contributed by atoms with E-state index in [1.165, 1.54) is 14.2 Å². The Kier molecular flexibility index (Phi) is 4.27. The summed E-state index contributed by atoms with van der Waals surface area (Å²) in [6.07, 6.45) is 1.74. The number of hydrogen-bond acceptors (Lipinski definition) is 4. The van der Waals surface area contributed by atoms with Crippen LogP contribution < -0.4 is 9.47 Å². The summed E-state index contributed by atoms with van der Waals surface area (Å²) < 4.78 is 10.5. The largest absolute Gasteiger partial charge is 0.496 e. The van der Waals surface area contributed by atoms with Crippen molar-refractivity contribution in [2.45, 2.75) is 18.9 Å². The van der Waals surface area contributed by atoms with Gasteiger partial charge in [-0.3, -0.25) is 4.79 Å². The van der Waals surface area contributed by atoms with Crippen molar-refractivity contribution in [2.24, 2.45) is 0 Å². The van der Waals surface area contributed by atoms with Crippen molar-refractivity contribution in [1.82, 2.24) is 4.90 Å². The second kappa shape index (κ2) is 5.93. The molecular weight excluding hydrogens is 246 g/mol. The summed E-state index contributed by atoms with van der Waals surface area (Å²) in [4.78, 5) is 14.3. The van der Waals surface area contributed by atoms with Gasteiger partial charge in [-0.1, -0.05) is 6.07 Å². The SMILES string of the molecule is COc1cccc(OC)c1C(=O)N1CCC[C@H]1CO. The molecule has 0 radical (unpaired) electrons. The van der Waals surface area contributed by atoms with E-state index in [4.69, 9.17) is 9.47 Å². The first-order chi connectivity index (χ1) is 9.22. The van der Waals surface area contributed by atoms with Crippen molar-refractivity contribution < 1.29 is 19.4 Å². The number of carbonyl (C=O) groups is 1. The van der Waals surface area contributed by atoms with Crippen LogP contribution in [0.5, 0.6) is 11.5 Å². The van der Waals surface area contributed by atoms with E-state index in [1.807, 2.05) is 0 Å². The van der Waals surface area contributed by atoms with Crippen molar-refractivity contribution in [3.05, 3.63) is 23.8 Å². The van der Waals surface area contributed by atoms with Crippen LogP contribution in [0.1, 0.15) is 23.2 Å². The molecule has 1 heterocycles. The second-order valence-corrected chi connectivity index (χ2v) is 4.51. The summed E-state index contributed by atoms with van der Waals surface area (Å²) in [5.74, 6) is 0.840. The van der Waals surface area contributed by atoms with Crippen molar-refractivity contribution >= 4 is 5.91 Å². The standard InChI is InChI=1S/C14H19NO4/c1-18-11-6-3-7-12(19-2)13(11)14(17)15-8-4-5-10(15)9-16/h3,6-7,10,16H,4-5,8-9H2,1-2H3/t10-/m0/s1. The lowest BCUT2D eigenvalue weighted by molar-refractivity contribution is 0.0671. The van der Waals surface area contributed by atoms with Crippen molar-refractivity contribution in [3.63, 3.8) is 0 Å². The van der Waals surface area contributed by atoms with Crippen LogP contribution in [0.4, 0.5) is 0 Å². The molecule has 2 rings (SSSR count). The maximum absolute atomic E-state index is 12.6. The van der Waals surface area contributed by atoms with E-state index < -0.39 is 0 Å². The van der Waals surface area contributed by atoms with Crippen LogP contribution in [0.3, 0.4) is 0 Å². The molecule has 1 amide bonds. The zero-order chi connectivity index (χ0) is 13.8. The molecule has 0 spiro atoms. The third-order valence-corrected chi connectivity index (χ3v) is 3.49. The molecule has 0 unspecified atom stereocenters. The molecule has 5 nitrogen and oxygen atoms in total. The van der Waals surface area contributed by atoms with E-state index in [-0.39, 0.29) is 18.6 Å². The lowest BCUT2D eigenvalue weighted by Crippen LogP contribution is -2.38. The highest BCUT2D eigenvalue weighted by atomic mass is 16.5. The minimum absolute atomic E-state index is 0.0107. The van der Waals surface area contributed by atoms with E-state index in [2.05, 4.69) is 0 Å². The Morgan fingerprint density at radius 3 is 2.53 bits per heavy atom. The predicted octanol–water partition coefficient (Wildman–Crippen LogP) is 1.30. The maximum atomic E-state index is 12.6. The highest BCUT2D eigenvalue weighted by molar-refractivity contribution is 6.00. The Hall–Kier alpha value is -1.75. The lowest BCUT2D eigenvalue weighted by Gasteiger charge is -2.24. The van der Waals surface area contributed by atoms with Gasteiger partial charge in [-0.15, -0.1) is 0 Å². The molecule has 1 atom stereocenters. The number of aliphatic hydroxyl groups excluding tert-OH is 1. The van der Waals surface area contributed by atoms with Crippen LogP contribution in [0.15, 0.2) is 18.2 Å². The third-order valence-electron chi connectivity index (χ3n) is 3.49. The molecule has 1 aliphatic heterocycles. The first-order valence-corrected chi connectivity index (χ1v) is 6.35. The fourth-order valence-corrected chi connectivity index (χ4v) is 2.50. The molecule has 0 aliphatic carbocycles. The summed E-state index contributed by atoms with van der Waals surface area (Å²) in [6.45, 7) is 0.647. The molecule has 1 saturated heterocycles. The van der Waals surface area contributed by atoms with Crippen LogP contribution >= 0.6 is 0 Å².